The molecule has 100 valence electrons. The van der Waals surface area contributed by atoms with Crippen LogP contribution in [-0.4, -0.2) is 21.8 Å². The highest BCUT2D eigenvalue weighted by Crippen LogP contribution is 2.35. The molecule has 2 rings (SSSR count). The predicted molar refractivity (Wildman–Crippen MR) is 75.2 cm³/mol. The van der Waals surface area contributed by atoms with Crippen molar-refractivity contribution in [2.75, 3.05) is 5.75 Å². The summed E-state index contributed by atoms with van der Waals surface area (Å²) in [6.07, 6.45) is -0.138. The lowest BCUT2D eigenvalue weighted by atomic mass is 10.2. The molecule has 19 heavy (non-hydrogen) atoms. The van der Waals surface area contributed by atoms with E-state index in [1.165, 1.54) is 17.4 Å². The van der Waals surface area contributed by atoms with Gasteiger partial charge in [-0.05, 0) is 17.9 Å². The molecule has 0 saturated carbocycles. The Morgan fingerprint density at radius 3 is 3.00 bits per heavy atom. The third-order valence-electron chi connectivity index (χ3n) is 2.37. The quantitative estimate of drug-likeness (QED) is 0.855. The first-order valence-corrected chi connectivity index (χ1v) is 7.56. The van der Waals surface area contributed by atoms with Crippen LogP contribution in [0.5, 0.6) is 0 Å². The Labute approximate surface area is 118 Å². The molecule has 6 heteroatoms. The maximum absolute atomic E-state index is 14.0. The Hall–Kier alpha value is -1.40. The van der Waals surface area contributed by atoms with Crippen LogP contribution in [0.15, 0.2) is 28.5 Å². The van der Waals surface area contributed by atoms with Gasteiger partial charge in [-0.3, -0.25) is 4.79 Å². The number of thioether (sulfide) groups is 1. The number of carbonyl (C=O) groups is 1. The average Bonchev–Trinajstić information content (AvgIpc) is 2.77. The summed E-state index contributed by atoms with van der Waals surface area (Å²) in [4.78, 5) is 15.7. The third kappa shape index (κ3) is 3.33. The molecular formula is C13H12FNO2S2. The molecular weight excluding hydrogens is 285 g/mol. The summed E-state index contributed by atoms with van der Waals surface area (Å²) >= 11 is 2.82. The SMILES string of the molecule is CCSc1cccc(F)c1-c1nc(CC(=O)O)cs1. The third-order valence-corrected chi connectivity index (χ3v) is 4.22. The number of rotatable bonds is 5. The van der Waals surface area contributed by atoms with Crippen molar-refractivity contribution in [2.45, 2.75) is 18.2 Å². The Bertz CT molecular complexity index is 598. The second-order valence-electron chi connectivity index (χ2n) is 3.76. The van der Waals surface area contributed by atoms with Crippen LogP contribution >= 0.6 is 23.1 Å². The highest BCUT2D eigenvalue weighted by atomic mass is 32.2. The minimum atomic E-state index is -0.937. The highest BCUT2D eigenvalue weighted by Gasteiger charge is 2.15. The molecule has 0 aliphatic heterocycles. The molecule has 1 N–H and O–H groups in total. The molecule has 0 unspecified atom stereocenters. The molecule has 0 radical (unpaired) electrons. The lowest BCUT2D eigenvalue weighted by molar-refractivity contribution is -0.136. The molecule has 2 aromatic rings. The fraction of sp³-hybridized carbons (Fsp3) is 0.231. The molecule has 0 spiro atoms. The van der Waals surface area contributed by atoms with Gasteiger partial charge in [-0.2, -0.15) is 0 Å². The number of carboxylic acid groups (broad SMARTS) is 1. The zero-order chi connectivity index (χ0) is 13.8. The van der Waals surface area contributed by atoms with E-state index in [0.29, 0.717) is 16.3 Å². The van der Waals surface area contributed by atoms with Crippen molar-refractivity contribution in [3.05, 3.63) is 35.1 Å². The first-order chi connectivity index (χ1) is 9.11. The van der Waals surface area contributed by atoms with Gasteiger partial charge in [-0.15, -0.1) is 23.1 Å². The van der Waals surface area contributed by atoms with Crippen LogP contribution in [0, 0.1) is 5.82 Å². The van der Waals surface area contributed by atoms with Crippen LogP contribution in [-0.2, 0) is 11.2 Å². The van der Waals surface area contributed by atoms with Crippen molar-refractivity contribution in [2.24, 2.45) is 0 Å². The van der Waals surface area contributed by atoms with Crippen LogP contribution in [0.1, 0.15) is 12.6 Å². The second-order valence-corrected chi connectivity index (χ2v) is 5.92. The molecule has 0 amide bonds. The average molecular weight is 297 g/mol. The lowest BCUT2D eigenvalue weighted by Crippen LogP contribution is -2.00. The molecule has 1 aromatic carbocycles. The van der Waals surface area contributed by atoms with E-state index in [4.69, 9.17) is 5.11 Å². The zero-order valence-corrected chi connectivity index (χ0v) is 11.9. The van der Waals surface area contributed by atoms with E-state index >= 15 is 0 Å². The zero-order valence-electron chi connectivity index (χ0n) is 10.2. The molecule has 0 bridgehead atoms. The molecule has 0 saturated heterocycles. The van der Waals surface area contributed by atoms with Crippen molar-refractivity contribution < 1.29 is 14.3 Å². The smallest absolute Gasteiger partial charge is 0.309 e. The first kappa shape index (κ1) is 14.0. The Kier molecular flexibility index (Phi) is 4.55. The number of halogens is 1. The van der Waals surface area contributed by atoms with Crippen LogP contribution in [0.25, 0.3) is 10.6 Å². The molecule has 0 fully saturated rings. The maximum Gasteiger partial charge on any atom is 0.309 e. The predicted octanol–water partition coefficient (Wildman–Crippen LogP) is 3.69. The summed E-state index contributed by atoms with van der Waals surface area (Å²) in [5.41, 5.74) is 0.930. The summed E-state index contributed by atoms with van der Waals surface area (Å²) in [6.45, 7) is 2.00. The van der Waals surface area contributed by atoms with Crippen LogP contribution in [0.3, 0.4) is 0 Å². The topological polar surface area (TPSA) is 50.2 Å². The second kappa shape index (κ2) is 6.16. The summed E-state index contributed by atoms with van der Waals surface area (Å²) in [5, 5.41) is 10.9. The van der Waals surface area contributed by atoms with E-state index in [1.54, 1.807) is 23.2 Å². The van der Waals surface area contributed by atoms with E-state index in [0.717, 1.165) is 10.6 Å². The van der Waals surface area contributed by atoms with E-state index in [-0.39, 0.29) is 12.2 Å². The normalized spacial score (nSPS) is 10.6. The molecule has 0 aliphatic carbocycles. The van der Waals surface area contributed by atoms with Crippen molar-refractivity contribution >= 4 is 29.1 Å². The first-order valence-electron chi connectivity index (χ1n) is 5.69. The number of nitrogens with zero attached hydrogens (tertiary/aromatic N) is 1. The number of aromatic nitrogens is 1. The minimum absolute atomic E-state index is 0.138. The lowest BCUT2D eigenvalue weighted by Gasteiger charge is -2.06. The van der Waals surface area contributed by atoms with Crippen molar-refractivity contribution in [1.29, 1.82) is 0 Å². The van der Waals surface area contributed by atoms with Gasteiger partial charge in [0.1, 0.15) is 10.8 Å². The highest BCUT2D eigenvalue weighted by molar-refractivity contribution is 7.99. The van der Waals surface area contributed by atoms with Crippen LogP contribution < -0.4 is 0 Å². The molecule has 0 aliphatic rings. The maximum atomic E-state index is 14.0. The molecule has 1 aromatic heterocycles. The Balaban J connectivity index is 2.40. The van der Waals surface area contributed by atoms with Gasteiger partial charge in [0.25, 0.3) is 0 Å². The standard InChI is InChI=1S/C13H12FNO2S2/c1-2-18-10-5-3-4-9(14)12(10)13-15-8(7-19-13)6-11(16)17/h3-5,7H,2,6H2,1H3,(H,16,17). The number of thiazole rings is 1. The number of aliphatic carboxylic acids is 1. The van der Waals surface area contributed by atoms with E-state index in [1.807, 2.05) is 13.0 Å². The number of hydrogen-bond acceptors (Lipinski definition) is 4. The van der Waals surface area contributed by atoms with Gasteiger partial charge in [0.05, 0.1) is 17.7 Å². The number of carboxylic acids is 1. The van der Waals surface area contributed by atoms with Gasteiger partial charge in [0.2, 0.25) is 0 Å². The Morgan fingerprint density at radius 2 is 2.32 bits per heavy atom. The number of hydrogen-bond donors (Lipinski definition) is 1. The minimum Gasteiger partial charge on any atom is -0.481 e. The van der Waals surface area contributed by atoms with Crippen molar-refractivity contribution in [3.63, 3.8) is 0 Å². The van der Waals surface area contributed by atoms with Gasteiger partial charge in [0.15, 0.2) is 0 Å². The summed E-state index contributed by atoms with van der Waals surface area (Å²) in [5.74, 6) is -0.424. The summed E-state index contributed by atoms with van der Waals surface area (Å²) in [7, 11) is 0. The van der Waals surface area contributed by atoms with Gasteiger partial charge in [-0.25, -0.2) is 9.37 Å². The van der Waals surface area contributed by atoms with E-state index in [9.17, 15) is 9.18 Å². The van der Waals surface area contributed by atoms with Gasteiger partial charge >= 0.3 is 5.97 Å². The van der Waals surface area contributed by atoms with E-state index in [2.05, 4.69) is 4.98 Å². The number of benzene rings is 1. The molecule has 3 nitrogen and oxygen atoms in total. The largest absolute Gasteiger partial charge is 0.481 e. The molecule has 1 heterocycles. The van der Waals surface area contributed by atoms with E-state index < -0.39 is 5.97 Å². The fourth-order valence-corrected chi connectivity index (χ4v) is 3.41. The summed E-state index contributed by atoms with van der Waals surface area (Å²) < 4.78 is 14.0. The monoisotopic (exact) mass is 297 g/mol. The van der Waals surface area contributed by atoms with Crippen LogP contribution in [0.4, 0.5) is 4.39 Å². The van der Waals surface area contributed by atoms with Crippen molar-refractivity contribution in [3.8, 4) is 10.6 Å². The van der Waals surface area contributed by atoms with Crippen LogP contribution in [0.2, 0.25) is 0 Å². The fourth-order valence-electron chi connectivity index (χ4n) is 1.65. The van der Waals surface area contributed by atoms with Gasteiger partial charge in [-0.1, -0.05) is 13.0 Å². The molecule has 0 atom stereocenters. The summed E-state index contributed by atoms with van der Waals surface area (Å²) in [6, 6.07) is 4.92. The van der Waals surface area contributed by atoms with Crippen molar-refractivity contribution in [1.82, 2.24) is 4.98 Å². The van der Waals surface area contributed by atoms with Gasteiger partial charge in [0, 0.05) is 10.3 Å². The van der Waals surface area contributed by atoms with Gasteiger partial charge < -0.3 is 5.11 Å². The Morgan fingerprint density at radius 1 is 1.53 bits per heavy atom.